The number of nitro groups is 4. The summed E-state index contributed by atoms with van der Waals surface area (Å²) in [5.41, 5.74) is 3.12. The molecule has 33 heavy (non-hydrogen) atoms. The zero-order chi connectivity index (χ0) is 24.4. The first kappa shape index (κ1) is 24.3. The fraction of sp³-hybridized carbons (Fsp3) is 0.176. The third-order valence-electron chi connectivity index (χ3n) is 4.00. The van der Waals surface area contributed by atoms with Crippen LogP contribution < -0.4 is 10.9 Å². The van der Waals surface area contributed by atoms with Gasteiger partial charge < -0.3 is 0 Å². The minimum Gasteiger partial charge on any atom is -0.272 e. The molecular formula is C17H16N8O8. The zero-order valence-electron chi connectivity index (χ0n) is 16.7. The van der Waals surface area contributed by atoms with Gasteiger partial charge in [0.05, 0.1) is 31.8 Å². The van der Waals surface area contributed by atoms with Crippen molar-refractivity contribution in [3.8, 4) is 0 Å². The molecule has 2 N–H and O–H groups in total. The summed E-state index contributed by atoms with van der Waals surface area (Å²) in [7, 11) is 0. The first-order chi connectivity index (χ1) is 15.7. The molecule has 0 atom stereocenters. The van der Waals surface area contributed by atoms with E-state index >= 15 is 0 Å². The summed E-state index contributed by atoms with van der Waals surface area (Å²) in [5, 5.41) is 51.2. The standard InChI is InChI=1S/C17H16N8O8/c26-22(27)12-4-6-14(16(10-12)24(30)31)20-18-8-2-1-3-9-19-21-15-7-5-13(23(28)29)11-17(15)25(32)33/h4-11,20-21H,1-3H2/b18-8+,19-9+. The number of benzene rings is 2. The molecule has 0 amide bonds. The summed E-state index contributed by atoms with van der Waals surface area (Å²) in [6.45, 7) is 0. The molecule has 0 saturated carbocycles. The highest BCUT2D eigenvalue weighted by atomic mass is 16.6. The molecule has 0 unspecified atom stereocenters. The lowest BCUT2D eigenvalue weighted by Gasteiger charge is -2.02. The van der Waals surface area contributed by atoms with Gasteiger partial charge in [0, 0.05) is 24.6 Å². The van der Waals surface area contributed by atoms with Crippen LogP contribution in [0.2, 0.25) is 0 Å². The summed E-state index contributed by atoms with van der Waals surface area (Å²) in [5.74, 6) is 0. The Bertz CT molecular complexity index is 1050. The molecule has 0 saturated heterocycles. The lowest BCUT2D eigenvalue weighted by molar-refractivity contribution is -0.393. The second kappa shape index (κ2) is 11.4. The van der Waals surface area contributed by atoms with E-state index in [0.717, 1.165) is 24.3 Å². The molecule has 0 fully saturated rings. The van der Waals surface area contributed by atoms with Gasteiger partial charge in [-0.25, -0.2) is 0 Å². The van der Waals surface area contributed by atoms with Gasteiger partial charge in [-0.2, -0.15) is 10.2 Å². The Morgan fingerprint density at radius 1 is 0.667 bits per heavy atom. The molecule has 0 bridgehead atoms. The average molecular weight is 460 g/mol. The van der Waals surface area contributed by atoms with Crippen molar-refractivity contribution in [1.29, 1.82) is 0 Å². The number of hydrogen-bond acceptors (Lipinski definition) is 12. The zero-order valence-corrected chi connectivity index (χ0v) is 16.7. The smallest absolute Gasteiger partial charge is 0.272 e. The summed E-state index contributed by atoms with van der Waals surface area (Å²) in [6, 6.07) is 6.26. The van der Waals surface area contributed by atoms with Crippen LogP contribution in [0.3, 0.4) is 0 Å². The number of nitrogens with one attached hydrogen (secondary N) is 2. The van der Waals surface area contributed by atoms with Crippen LogP contribution in [0.25, 0.3) is 0 Å². The number of hydrogen-bond donors (Lipinski definition) is 2. The summed E-state index contributed by atoms with van der Waals surface area (Å²) in [4.78, 5) is 40.5. The molecule has 0 radical (unpaired) electrons. The second-order valence-electron chi connectivity index (χ2n) is 6.21. The molecule has 16 heteroatoms. The first-order valence-electron chi connectivity index (χ1n) is 9.11. The van der Waals surface area contributed by atoms with Crippen molar-refractivity contribution in [1.82, 2.24) is 0 Å². The molecule has 0 aromatic heterocycles. The Morgan fingerprint density at radius 3 is 1.39 bits per heavy atom. The summed E-state index contributed by atoms with van der Waals surface area (Å²) >= 11 is 0. The Morgan fingerprint density at radius 2 is 1.06 bits per heavy atom. The maximum Gasteiger partial charge on any atom is 0.301 e. The third kappa shape index (κ3) is 7.02. The summed E-state index contributed by atoms with van der Waals surface area (Å²) in [6.07, 6.45) is 4.39. The maximum atomic E-state index is 11.0. The van der Waals surface area contributed by atoms with E-state index in [1.807, 2.05) is 0 Å². The number of anilines is 2. The fourth-order valence-corrected chi connectivity index (χ4v) is 2.42. The van der Waals surface area contributed by atoms with E-state index in [-0.39, 0.29) is 11.4 Å². The highest BCUT2D eigenvalue weighted by Gasteiger charge is 2.20. The van der Waals surface area contributed by atoms with E-state index < -0.39 is 42.4 Å². The molecular weight excluding hydrogens is 444 g/mol. The molecule has 2 aromatic carbocycles. The highest BCUT2D eigenvalue weighted by molar-refractivity contribution is 5.69. The third-order valence-corrected chi connectivity index (χ3v) is 4.00. The van der Waals surface area contributed by atoms with Crippen LogP contribution in [0.1, 0.15) is 19.3 Å². The molecule has 172 valence electrons. The maximum absolute atomic E-state index is 11.0. The van der Waals surface area contributed by atoms with Crippen molar-refractivity contribution in [2.75, 3.05) is 10.9 Å². The minimum absolute atomic E-state index is 0.00250. The van der Waals surface area contributed by atoms with Crippen LogP contribution in [-0.4, -0.2) is 32.1 Å². The SMILES string of the molecule is O=[N+]([O-])c1ccc(N/N=C/CCC/C=N/Nc2ccc([N+](=O)[O-])cc2[N+](=O)[O-])c([N+](=O)[O-])c1. The molecule has 16 nitrogen and oxygen atoms in total. The van der Waals surface area contributed by atoms with Gasteiger partial charge in [0.25, 0.3) is 11.4 Å². The monoisotopic (exact) mass is 460 g/mol. The van der Waals surface area contributed by atoms with Crippen LogP contribution in [0.4, 0.5) is 34.1 Å². The number of nitrogens with zero attached hydrogens (tertiary/aromatic N) is 6. The molecule has 0 spiro atoms. The molecule has 0 heterocycles. The molecule has 0 aliphatic rings. The largest absolute Gasteiger partial charge is 0.301 e. The Kier molecular flexibility index (Phi) is 8.37. The van der Waals surface area contributed by atoms with Gasteiger partial charge in [0.2, 0.25) is 0 Å². The van der Waals surface area contributed by atoms with Gasteiger partial charge in [0.1, 0.15) is 11.4 Å². The van der Waals surface area contributed by atoms with Crippen molar-refractivity contribution >= 4 is 46.6 Å². The number of hydrazone groups is 2. The average Bonchev–Trinajstić information content (AvgIpc) is 2.77. The van der Waals surface area contributed by atoms with Gasteiger partial charge in [-0.3, -0.25) is 51.3 Å². The number of nitro benzene ring substituents is 4. The quantitative estimate of drug-likeness (QED) is 0.200. The Labute approximate surface area is 184 Å². The van der Waals surface area contributed by atoms with E-state index in [0.29, 0.717) is 19.3 Å². The summed E-state index contributed by atoms with van der Waals surface area (Å²) < 4.78 is 0. The molecule has 2 rings (SSSR count). The number of rotatable bonds is 12. The lowest BCUT2D eigenvalue weighted by Crippen LogP contribution is -1.99. The fourth-order valence-electron chi connectivity index (χ4n) is 2.42. The van der Waals surface area contributed by atoms with Crippen LogP contribution in [0.5, 0.6) is 0 Å². The van der Waals surface area contributed by atoms with Crippen LogP contribution >= 0.6 is 0 Å². The van der Waals surface area contributed by atoms with Crippen molar-refractivity contribution in [3.05, 3.63) is 76.9 Å². The van der Waals surface area contributed by atoms with Crippen LogP contribution in [-0.2, 0) is 0 Å². The lowest BCUT2D eigenvalue weighted by atomic mass is 10.2. The van der Waals surface area contributed by atoms with Gasteiger partial charge in [-0.05, 0) is 31.4 Å². The Balaban J connectivity index is 1.82. The minimum atomic E-state index is -0.760. The van der Waals surface area contributed by atoms with Gasteiger partial charge >= 0.3 is 11.4 Å². The normalized spacial score (nSPS) is 10.9. The molecule has 2 aromatic rings. The van der Waals surface area contributed by atoms with E-state index in [9.17, 15) is 40.5 Å². The predicted molar refractivity (Wildman–Crippen MR) is 118 cm³/mol. The highest BCUT2D eigenvalue weighted by Crippen LogP contribution is 2.29. The van der Waals surface area contributed by atoms with Crippen LogP contribution in [0.15, 0.2) is 46.6 Å². The van der Waals surface area contributed by atoms with Crippen molar-refractivity contribution in [3.63, 3.8) is 0 Å². The number of non-ortho nitro benzene ring substituents is 2. The Hall–Kier alpha value is -5.02. The van der Waals surface area contributed by atoms with Crippen molar-refractivity contribution in [2.24, 2.45) is 10.2 Å². The van der Waals surface area contributed by atoms with Crippen molar-refractivity contribution < 1.29 is 19.7 Å². The molecule has 0 aliphatic heterocycles. The van der Waals surface area contributed by atoms with E-state index in [1.165, 1.54) is 24.6 Å². The van der Waals surface area contributed by atoms with Gasteiger partial charge in [-0.15, -0.1) is 0 Å². The van der Waals surface area contributed by atoms with Crippen LogP contribution in [0, 0.1) is 40.5 Å². The van der Waals surface area contributed by atoms with E-state index in [1.54, 1.807) is 0 Å². The second-order valence-corrected chi connectivity index (χ2v) is 6.21. The first-order valence-corrected chi connectivity index (χ1v) is 9.11. The van der Waals surface area contributed by atoms with Crippen molar-refractivity contribution in [2.45, 2.75) is 19.3 Å². The number of unbranched alkanes of at least 4 members (excludes halogenated alkanes) is 2. The molecule has 0 aliphatic carbocycles. The topological polar surface area (TPSA) is 221 Å². The van der Waals surface area contributed by atoms with Gasteiger partial charge in [-0.1, -0.05) is 0 Å². The van der Waals surface area contributed by atoms with E-state index in [2.05, 4.69) is 21.1 Å². The van der Waals surface area contributed by atoms with Gasteiger partial charge in [0.15, 0.2) is 0 Å². The van der Waals surface area contributed by atoms with E-state index in [4.69, 9.17) is 0 Å². The predicted octanol–water partition coefficient (Wildman–Crippen LogP) is 3.99.